The molecule has 0 heterocycles. The fourth-order valence-electron chi connectivity index (χ4n) is 6.54. The van der Waals surface area contributed by atoms with E-state index in [2.05, 4.69) is 38.2 Å². The van der Waals surface area contributed by atoms with Crippen molar-refractivity contribution in [1.82, 2.24) is 0 Å². The predicted octanol–water partition coefficient (Wildman–Crippen LogP) is 14.0. The second kappa shape index (κ2) is 40.7. The van der Waals surface area contributed by atoms with Gasteiger partial charge < -0.3 is 18.9 Å². The zero-order valence-corrected chi connectivity index (χ0v) is 38.5. The van der Waals surface area contributed by atoms with Crippen LogP contribution in [0.3, 0.4) is 0 Å². The van der Waals surface area contributed by atoms with Gasteiger partial charge in [0.25, 0.3) is 0 Å². The third kappa shape index (κ3) is 44.1. The molecule has 0 aliphatic heterocycles. The molecule has 2 atom stereocenters. The first-order chi connectivity index (χ1) is 27.1. The molecule has 0 spiro atoms. The van der Waals surface area contributed by atoms with Crippen molar-refractivity contribution in [2.75, 3.05) is 54.1 Å². The van der Waals surface area contributed by atoms with E-state index in [-0.39, 0.29) is 25.8 Å². The highest BCUT2D eigenvalue weighted by molar-refractivity contribution is 7.47. The molecule has 0 aliphatic carbocycles. The Kier molecular flexibility index (Phi) is 40.0. The van der Waals surface area contributed by atoms with Crippen LogP contribution in [-0.2, 0) is 27.9 Å². The Bertz CT molecular complexity index is 951. The highest BCUT2D eigenvalue weighted by Crippen LogP contribution is 2.43. The van der Waals surface area contributed by atoms with Crippen molar-refractivity contribution >= 4 is 13.8 Å². The summed E-state index contributed by atoms with van der Waals surface area (Å²) in [7, 11) is 1.67. The van der Waals surface area contributed by atoms with Crippen LogP contribution in [0.1, 0.15) is 213 Å². The molecule has 0 aromatic rings. The number of carbonyl (C=O) groups excluding carboxylic acids is 1. The lowest BCUT2D eigenvalue weighted by molar-refractivity contribution is -0.870. The van der Waals surface area contributed by atoms with Gasteiger partial charge in [-0.15, -0.1) is 0 Å². The van der Waals surface area contributed by atoms with Gasteiger partial charge in [0.2, 0.25) is 0 Å². The number of esters is 1. The zero-order valence-electron chi connectivity index (χ0n) is 37.6. The molecular weight excluding hydrogens is 721 g/mol. The third-order valence-electron chi connectivity index (χ3n) is 10.2. The minimum atomic E-state index is -4.28. The molecule has 9 heteroatoms. The molecule has 332 valence electrons. The Hall–Kier alpha value is -1.02. The van der Waals surface area contributed by atoms with Crippen LogP contribution in [0.25, 0.3) is 0 Å². The van der Waals surface area contributed by atoms with Crippen molar-refractivity contribution in [1.29, 1.82) is 0 Å². The zero-order chi connectivity index (χ0) is 41.3. The molecule has 0 aliphatic rings. The summed E-state index contributed by atoms with van der Waals surface area (Å²) in [5.41, 5.74) is 0. The molecule has 0 aromatic carbocycles. The van der Waals surface area contributed by atoms with Gasteiger partial charge in [0.1, 0.15) is 19.3 Å². The molecule has 0 amide bonds. The van der Waals surface area contributed by atoms with Gasteiger partial charge in [-0.1, -0.05) is 167 Å². The monoisotopic (exact) mass is 815 g/mol. The highest BCUT2D eigenvalue weighted by atomic mass is 31.2. The molecular formula is C47H93NO7P+. The third-order valence-corrected chi connectivity index (χ3v) is 11.2. The molecule has 0 fully saturated rings. The summed E-state index contributed by atoms with van der Waals surface area (Å²) >= 11 is 0. The summed E-state index contributed by atoms with van der Waals surface area (Å²) in [5, 5.41) is 0. The minimum absolute atomic E-state index is 0.0878. The number of hydrogen-bond donors (Lipinski definition) is 1. The van der Waals surface area contributed by atoms with Crippen molar-refractivity contribution in [3.05, 3.63) is 24.3 Å². The number of quaternary nitrogens is 1. The van der Waals surface area contributed by atoms with Gasteiger partial charge in [0.05, 0.1) is 34.4 Å². The molecule has 2 unspecified atom stereocenters. The Labute approximate surface area is 347 Å². The number of ether oxygens (including phenoxy) is 2. The SMILES string of the molecule is CCCCCCCC/C=C\CCCCCCCCCCOCC(COP(=O)(O)OCC[N+](C)(C)C)OC(=O)CCCCCCC/C=C\CCCCCCCCC. The number of phosphoric ester groups is 1. The lowest BCUT2D eigenvalue weighted by Gasteiger charge is -2.24. The van der Waals surface area contributed by atoms with Crippen molar-refractivity contribution in [2.24, 2.45) is 0 Å². The van der Waals surface area contributed by atoms with Crippen LogP contribution >= 0.6 is 7.82 Å². The van der Waals surface area contributed by atoms with Crippen molar-refractivity contribution < 1.29 is 37.3 Å². The second-order valence-corrected chi connectivity index (χ2v) is 18.6. The van der Waals surface area contributed by atoms with Crippen LogP contribution in [0, 0.1) is 0 Å². The van der Waals surface area contributed by atoms with Gasteiger partial charge >= 0.3 is 13.8 Å². The first-order valence-corrected chi connectivity index (χ1v) is 25.1. The van der Waals surface area contributed by atoms with Crippen molar-refractivity contribution in [2.45, 2.75) is 219 Å². The van der Waals surface area contributed by atoms with Crippen molar-refractivity contribution in [3.63, 3.8) is 0 Å². The summed E-state index contributed by atoms with van der Waals surface area (Å²) in [6.07, 6.45) is 46.4. The normalized spacial score (nSPS) is 13.9. The van der Waals surface area contributed by atoms with Gasteiger partial charge in [-0.05, 0) is 64.2 Å². The standard InChI is InChI=1S/C47H92NO7P/c1-6-8-10-12-14-16-18-20-22-24-25-27-29-31-33-35-37-39-42-52-44-46(45-54-56(50,51)53-43-41-48(3,4)5)55-47(49)40-38-36-34-32-30-28-26-23-21-19-17-15-13-11-9-7-2/h20,22-23,26,46H,6-19,21,24-25,27-45H2,1-5H3/p+1/b22-20-,26-23-. The molecule has 0 saturated carbocycles. The molecule has 8 nitrogen and oxygen atoms in total. The summed E-state index contributed by atoms with van der Waals surface area (Å²) in [4.78, 5) is 22.9. The van der Waals surface area contributed by atoms with E-state index < -0.39 is 13.9 Å². The van der Waals surface area contributed by atoms with Crippen LogP contribution in [-0.4, -0.2) is 75.6 Å². The maximum absolute atomic E-state index is 12.7. The van der Waals surface area contributed by atoms with E-state index in [9.17, 15) is 14.3 Å². The van der Waals surface area contributed by atoms with Gasteiger partial charge in [0, 0.05) is 13.0 Å². The van der Waals surface area contributed by atoms with Crippen LogP contribution in [0.2, 0.25) is 0 Å². The van der Waals surface area contributed by atoms with E-state index in [4.69, 9.17) is 18.5 Å². The lowest BCUT2D eigenvalue weighted by Crippen LogP contribution is -2.37. The fraction of sp³-hybridized carbons (Fsp3) is 0.894. The molecule has 0 radical (unpaired) electrons. The average molecular weight is 815 g/mol. The first kappa shape index (κ1) is 55.0. The molecule has 0 rings (SSSR count). The van der Waals surface area contributed by atoms with Crippen LogP contribution < -0.4 is 0 Å². The number of likely N-dealkylation sites (N-methyl/N-ethyl adjacent to an activating group) is 1. The quantitative estimate of drug-likeness (QED) is 0.0215. The van der Waals surface area contributed by atoms with Gasteiger partial charge in [-0.2, -0.15) is 0 Å². The Balaban J connectivity index is 4.20. The maximum Gasteiger partial charge on any atom is 0.472 e. The summed E-state index contributed by atoms with van der Waals surface area (Å²) in [5.74, 6) is -0.321. The smallest absolute Gasteiger partial charge is 0.457 e. The van der Waals surface area contributed by atoms with Crippen LogP contribution in [0.15, 0.2) is 24.3 Å². The maximum atomic E-state index is 12.7. The van der Waals surface area contributed by atoms with E-state index in [0.717, 1.165) is 44.9 Å². The summed E-state index contributed by atoms with van der Waals surface area (Å²) < 4.78 is 35.1. The highest BCUT2D eigenvalue weighted by Gasteiger charge is 2.26. The van der Waals surface area contributed by atoms with Crippen LogP contribution in [0.4, 0.5) is 0 Å². The topological polar surface area (TPSA) is 91.3 Å². The summed E-state index contributed by atoms with van der Waals surface area (Å²) in [6, 6.07) is 0. The number of hydrogen-bond acceptors (Lipinski definition) is 6. The molecule has 0 aromatic heterocycles. The Morgan fingerprint density at radius 3 is 1.36 bits per heavy atom. The Morgan fingerprint density at radius 1 is 0.536 bits per heavy atom. The van der Waals surface area contributed by atoms with Crippen LogP contribution in [0.5, 0.6) is 0 Å². The van der Waals surface area contributed by atoms with Gasteiger partial charge in [-0.25, -0.2) is 4.57 Å². The molecule has 56 heavy (non-hydrogen) atoms. The second-order valence-electron chi connectivity index (χ2n) is 17.1. The minimum Gasteiger partial charge on any atom is -0.457 e. The largest absolute Gasteiger partial charge is 0.472 e. The van der Waals surface area contributed by atoms with Crippen molar-refractivity contribution in [3.8, 4) is 0 Å². The molecule has 0 saturated heterocycles. The Morgan fingerprint density at radius 2 is 0.929 bits per heavy atom. The average Bonchev–Trinajstić information content (AvgIpc) is 3.15. The molecule has 0 bridgehead atoms. The van der Waals surface area contributed by atoms with Gasteiger partial charge in [-0.3, -0.25) is 13.8 Å². The first-order valence-electron chi connectivity index (χ1n) is 23.6. The number of rotatable bonds is 44. The van der Waals surface area contributed by atoms with E-state index >= 15 is 0 Å². The van der Waals surface area contributed by atoms with Gasteiger partial charge in [0.15, 0.2) is 0 Å². The number of unbranched alkanes of at least 4 members (excludes halogenated alkanes) is 26. The summed E-state index contributed by atoms with van der Waals surface area (Å²) in [6.45, 7) is 5.63. The number of carbonyl (C=O) groups is 1. The fourth-order valence-corrected chi connectivity index (χ4v) is 7.28. The lowest BCUT2D eigenvalue weighted by atomic mass is 10.1. The van der Waals surface area contributed by atoms with E-state index in [1.165, 1.54) is 148 Å². The van der Waals surface area contributed by atoms with E-state index in [1.54, 1.807) is 0 Å². The number of nitrogens with zero attached hydrogens (tertiary/aromatic N) is 1. The van der Waals surface area contributed by atoms with E-state index in [1.807, 2.05) is 21.1 Å². The molecule has 1 N–H and O–H groups in total. The number of phosphoric acid groups is 1. The predicted molar refractivity (Wildman–Crippen MR) is 238 cm³/mol. The van der Waals surface area contributed by atoms with E-state index in [0.29, 0.717) is 24.1 Å². The number of allylic oxidation sites excluding steroid dienone is 4.